The lowest BCUT2D eigenvalue weighted by molar-refractivity contribution is 0.154. The topological polar surface area (TPSA) is 6.48 Å². The number of benzene rings is 1. The molecule has 3 rings (SSSR count). The lowest BCUT2D eigenvalue weighted by Crippen LogP contribution is -2.42. The van der Waals surface area contributed by atoms with Crippen LogP contribution in [-0.2, 0) is 0 Å². The van der Waals surface area contributed by atoms with E-state index in [9.17, 15) is 0 Å². The highest BCUT2D eigenvalue weighted by Crippen LogP contribution is 2.30. The lowest BCUT2D eigenvalue weighted by atomic mass is 9.88. The van der Waals surface area contributed by atoms with Gasteiger partial charge in [-0.25, -0.2) is 0 Å². The molecule has 2 aliphatic rings. The van der Waals surface area contributed by atoms with E-state index in [0.717, 1.165) is 12.0 Å². The van der Waals surface area contributed by atoms with E-state index >= 15 is 0 Å². The van der Waals surface area contributed by atoms with Crippen molar-refractivity contribution in [1.29, 1.82) is 0 Å². The van der Waals surface area contributed by atoms with Gasteiger partial charge >= 0.3 is 0 Å². The number of rotatable bonds is 2. The highest BCUT2D eigenvalue weighted by atomic mass is 15.2. The Bertz CT molecular complexity index is 404. The number of nitrogens with zero attached hydrogens (tertiary/aromatic N) is 2. The molecule has 2 nitrogen and oxygen atoms in total. The minimum Gasteiger partial charge on any atom is -0.305 e. The predicted octanol–water partition coefficient (Wildman–Crippen LogP) is 2.88. The molecule has 1 aromatic carbocycles. The number of aryl methyl sites for hydroxylation is 1. The summed E-state index contributed by atoms with van der Waals surface area (Å²) in [4.78, 5) is 5.20. The maximum Gasteiger partial charge on any atom is 0.0235 e. The first-order valence-corrected chi connectivity index (χ1v) is 7.71. The molecule has 0 aromatic heterocycles. The van der Waals surface area contributed by atoms with Gasteiger partial charge < -0.3 is 4.90 Å². The molecule has 0 saturated carbocycles. The quantitative estimate of drug-likeness (QED) is 0.805. The summed E-state index contributed by atoms with van der Waals surface area (Å²) in [6.45, 7) is 7.30. The van der Waals surface area contributed by atoms with Gasteiger partial charge in [-0.15, -0.1) is 0 Å². The second kappa shape index (κ2) is 5.64. The van der Waals surface area contributed by atoms with Crippen LogP contribution in [0.5, 0.6) is 0 Å². The minimum absolute atomic E-state index is 0.788. The van der Waals surface area contributed by atoms with Crippen molar-refractivity contribution in [3.63, 3.8) is 0 Å². The zero-order valence-electron chi connectivity index (χ0n) is 12.3. The van der Waals surface area contributed by atoms with Gasteiger partial charge in [0.05, 0.1) is 0 Å². The predicted molar refractivity (Wildman–Crippen MR) is 80.6 cm³/mol. The fourth-order valence-corrected chi connectivity index (χ4v) is 3.65. The smallest absolute Gasteiger partial charge is 0.0235 e. The van der Waals surface area contributed by atoms with Gasteiger partial charge in [-0.05, 0) is 64.3 Å². The molecule has 2 fully saturated rings. The molecule has 104 valence electrons. The van der Waals surface area contributed by atoms with Crippen molar-refractivity contribution in [3.8, 4) is 0 Å². The fourth-order valence-electron chi connectivity index (χ4n) is 3.65. The Hall–Kier alpha value is -0.860. The van der Waals surface area contributed by atoms with Crippen molar-refractivity contribution in [2.24, 2.45) is 0 Å². The highest BCUT2D eigenvalue weighted by Gasteiger charge is 2.29. The van der Waals surface area contributed by atoms with Gasteiger partial charge in [0.2, 0.25) is 0 Å². The Balaban J connectivity index is 1.56. The second-order valence-electron chi connectivity index (χ2n) is 6.43. The van der Waals surface area contributed by atoms with Crippen LogP contribution in [0.3, 0.4) is 0 Å². The second-order valence-corrected chi connectivity index (χ2v) is 6.43. The first-order chi connectivity index (χ1) is 9.22. The summed E-state index contributed by atoms with van der Waals surface area (Å²) in [5, 5.41) is 0. The standard InChI is InChI=1S/C17H26N2/c1-14-3-5-15(6-4-14)16-7-11-19(12-8-16)17-9-10-18(2)13-17/h3-6,16-17H,7-13H2,1-2H3. The number of hydrogen-bond acceptors (Lipinski definition) is 2. The lowest BCUT2D eigenvalue weighted by Gasteiger charge is -2.36. The van der Waals surface area contributed by atoms with Gasteiger partial charge in [-0.2, -0.15) is 0 Å². The maximum atomic E-state index is 2.73. The van der Waals surface area contributed by atoms with E-state index in [1.54, 1.807) is 5.56 Å². The molecule has 2 heteroatoms. The molecule has 0 N–H and O–H groups in total. The van der Waals surface area contributed by atoms with Gasteiger partial charge in [0, 0.05) is 12.6 Å². The molecule has 2 saturated heterocycles. The largest absolute Gasteiger partial charge is 0.305 e. The number of likely N-dealkylation sites (N-methyl/N-ethyl adjacent to an activating group) is 1. The van der Waals surface area contributed by atoms with Crippen LogP contribution in [0.1, 0.15) is 36.3 Å². The van der Waals surface area contributed by atoms with Crippen molar-refractivity contribution in [2.45, 2.75) is 38.1 Å². The molecular formula is C17H26N2. The van der Waals surface area contributed by atoms with Crippen molar-refractivity contribution in [3.05, 3.63) is 35.4 Å². The first-order valence-electron chi connectivity index (χ1n) is 7.71. The van der Waals surface area contributed by atoms with E-state index in [4.69, 9.17) is 0 Å². The third kappa shape index (κ3) is 3.01. The van der Waals surface area contributed by atoms with Crippen molar-refractivity contribution >= 4 is 0 Å². The summed E-state index contributed by atoms with van der Waals surface area (Å²) in [6, 6.07) is 10.0. The average Bonchev–Trinajstić information content (AvgIpc) is 2.87. The van der Waals surface area contributed by atoms with Crippen LogP contribution in [0.25, 0.3) is 0 Å². The number of likely N-dealkylation sites (tertiary alicyclic amines) is 2. The summed E-state index contributed by atoms with van der Waals surface area (Å²) in [5.41, 5.74) is 2.92. The zero-order valence-corrected chi connectivity index (χ0v) is 12.3. The van der Waals surface area contributed by atoms with E-state index in [1.807, 2.05) is 0 Å². The minimum atomic E-state index is 0.788. The molecule has 19 heavy (non-hydrogen) atoms. The van der Waals surface area contributed by atoms with Gasteiger partial charge in [0.25, 0.3) is 0 Å². The normalized spacial score (nSPS) is 26.9. The van der Waals surface area contributed by atoms with Gasteiger partial charge in [0.1, 0.15) is 0 Å². The van der Waals surface area contributed by atoms with E-state index in [1.165, 1.54) is 51.0 Å². The third-order valence-electron chi connectivity index (χ3n) is 4.96. The van der Waals surface area contributed by atoms with Gasteiger partial charge in [-0.3, -0.25) is 4.90 Å². The van der Waals surface area contributed by atoms with E-state index < -0.39 is 0 Å². The molecule has 2 heterocycles. The van der Waals surface area contributed by atoms with Crippen LogP contribution in [0.2, 0.25) is 0 Å². The molecule has 0 bridgehead atoms. The SMILES string of the molecule is Cc1ccc(C2CCN(C3CCN(C)C3)CC2)cc1. The monoisotopic (exact) mass is 258 g/mol. The van der Waals surface area contributed by atoms with Crippen LogP contribution in [0.15, 0.2) is 24.3 Å². The third-order valence-corrected chi connectivity index (χ3v) is 4.96. The first kappa shape index (κ1) is 13.1. The Morgan fingerprint density at radius 2 is 1.63 bits per heavy atom. The molecule has 1 atom stereocenters. The Morgan fingerprint density at radius 3 is 2.21 bits per heavy atom. The van der Waals surface area contributed by atoms with Crippen LogP contribution < -0.4 is 0 Å². The average molecular weight is 258 g/mol. The summed E-state index contributed by atoms with van der Waals surface area (Å²) >= 11 is 0. The Labute approximate surface area is 117 Å². The van der Waals surface area contributed by atoms with E-state index in [-0.39, 0.29) is 0 Å². The van der Waals surface area contributed by atoms with Crippen molar-refractivity contribution < 1.29 is 0 Å². The molecule has 0 amide bonds. The van der Waals surface area contributed by atoms with Gasteiger partial charge in [-0.1, -0.05) is 29.8 Å². The molecule has 0 aliphatic carbocycles. The van der Waals surface area contributed by atoms with Crippen molar-refractivity contribution in [1.82, 2.24) is 9.80 Å². The summed E-state index contributed by atoms with van der Waals surface area (Å²) in [5.74, 6) is 0.788. The molecule has 1 aromatic rings. The molecule has 0 spiro atoms. The fraction of sp³-hybridized carbons (Fsp3) is 0.647. The summed E-state index contributed by atoms with van der Waals surface area (Å²) < 4.78 is 0. The number of piperidine rings is 1. The Morgan fingerprint density at radius 1 is 0.947 bits per heavy atom. The van der Waals surface area contributed by atoms with Crippen LogP contribution in [0.4, 0.5) is 0 Å². The van der Waals surface area contributed by atoms with E-state index in [0.29, 0.717) is 0 Å². The van der Waals surface area contributed by atoms with Crippen molar-refractivity contribution in [2.75, 3.05) is 33.2 Å². The molecular weight excluding hydrogens is 232 g/mol. The molecule has 0 radical (unpaired) electrons. The van der Waals surface area contributed by atoms with Gasteiger partial charge in [0.15, 0.2) is 0 Å². The van der Waals surface area contributed by atoms with Crippen LogP contribution in [0, 0.1) is 6.92 Å². The molecule has 1 unspecified atom stereocenters. The number of hydrogen-bond donors (Lipinski definition) is 0. The zero-order chi connectivity index (χ0) is 13.2. The van der Waals surface area contributed by atoms with Crippen LogP contribution in [-0.4, -0.2) is 49.1 Å². The summed E-state index contributed by atoms with van der Waals surface area (Å²) in [6.07, 6.45) is 4.04. The highest BCUT2D eigenvalue weighted by molar-refractivity contribution is 5.25. The molecule has 2 aliphatic heterocycles. The Kier molecular flexibility index (Phi) is 3.90. The van der Waals surface area contributed by atoms with Crippen LogP contribution >= 0.6 is 0 Å². The summed E-state index contributed by atoms with van der Waals surface area (Å²) in [7, 11) is 2.25. The van der Waals surface area contributed by atoms with E-state index in [2.05, 4.69) is 48.0 Å². The maximum absolute atomic E-state index is 2.73.